The van der Waals surface area contributed by atoms with Crippen LogP contribution >= 0.6 is 11.6 Å². The van der Waals surface area contributed by atoms with Gasteiger partial charge in [0.25, 0.3) is 0 Å². The third-order valence-electron chi connectivity index (χ3n) is 2.51. The van der Waals surface area contributed by atoms with E-state index in [-0.39, 0.29) is 11.8 Å². The minimum atomic E-state index is -0.884. The molecule has 17 heavy (non-hydrogen) atoms. The van der Waals surface area contributed by atoms with Crippen LogP contribution in [0, 0.1) is 0 Å². The van der Waals surface area contributed by atoms with Gasteiger partial charge in [-0.25, -0.2) is 0 Å². The maximum Gasteiger partial charge on any atom is 0.213 e. The Morgan fingerprint density at radius 3 is 2.65 bits per heavy atom. The second-order valence-electron chi connectivity index (χ2n) is 4.65. The first-order valence-electron chi connectivity index (χ1n) is 5.73. The second kappa shape index (κ2) is 5.19. The molecule has 0 aromatic carbocycles. The highest BCUT2D eigenvalue weighted by Crippen LogP contribution is 2.25. The van der Waals surface area contributed by atoms with E-state index in [0.717, 1.165) is 0 Å². The van der Waals surface area contributed by atoms with Gasteiger partial charge in [-0.15, -0.1) is 0 Å². The van der Waals surface area contributed by atoms with E-state index in [1.54, 1.807) is 18.5 Å². The Morgan fingerprint density at radius 1 is 1.59 bits per heavy atom. The number of aromatic nitrogens is 2. The number of hydrogen-bond donors (Lipinski definition) is 0. The Kier molecular flexibility index (Phi) is 4.33. The Balaban J connectivity index is 3.16. The van der Waals surface area contributed by atoms with Gasteiger partial charge in [-0.2, -0.15) is 5.10 Å². The molecule has 1 rings (SSSR count). The lowest BCUT2D eigenvalue weighted by molar-refractivity contribution is 0.000383. The number of ether oxygens (including phenoxy) is 1. The molecule has 0 saturated heterocycles. The fraction of sp³-hybridized carbons (Fsp3) is 0.667. The first-order chi connectivity index (χ1) is 7.81. The Hall–Kier alpha value is -0.870. The van der Waals surface area contributed by atoms with Gasteiger partial charge in [-0.1, -0.05) is 11.6 Å². The summed E-state index contributed by atoms with van der Waals surface area (Å²) in [7, 11) is 0. The van der Waals surface area contributed by atoms with Gasteiger partial charge in [-0.3, -0.25) is 9.48 Å². The van der Waals surface area contributed by atoms with Gasteiger partial charge in [0, 0.05) is 12.6 Å². The molecule has 1 aromatic heterocycles. The van der Waals surface area contributed by atoms with E-state index >= 15 is 0 Å². The molecule has 0 aliphatic rings. The summed E-state index contributed by atoms with van der Waals surface area (Å²) in [4.78, 5) is 12.4. The van der Waals surface area contributed by atoms with Crippen LogP contribution in [0.3, 0.4) is 0 Å². The van der Waals surface area contributed by atoms with Crippen LogP contribution in [-0.2, 0) is 4.74 Å². The van der Waals surface area contributed by atoms with E-state index in [0.29, 0.717) is 17.3 Å². The number of halogens is 1. The van der Waals surface area contributed by atoms with Crippen LogP contribution in [0.2, 0.25) is 5.02 Å². The SMILES string of the molecule is CCOC(C)(C)C(=O)c1c(Cl)cnn1C(C)C. The van der Waals surface area contributed by atoms with Crippen molar-refractivity contribution in [3.63, 3.8) is 0 Å². The first kappa shape index (κ1) is 14.2. The number of carbonyl (C=O) groups is 1. The number of nitrogens with zero attached hydrogens (tertiary/aromatic N) is 2. The predicted octanol–water partition coefficient (Wildman–Crippen LogP) is 3.12. The van der Waals surface area contributed by atoms with Gasteiger partial charge in [-0.05, 0) is 34.6 Å². The summed E-state index contributed by atoms with van der Waals surface area (Å²) >= 11 is 6.03. The number of hydrogen-bond acceptors (Lipinski definition) is 3. The number of carbonyl (C=O) groups excluding carboxylic acids is 1. The highest BCUT2D eigenvalue weighted by atomic mass is 35.5. The van der Waals surface area contributed by atoms with Gasteiger partial charge < -0.3 is 4.74 Å². The van der Waals surface area contributed by atoms with Crippen molar-refractivity contribution in [3.8, 4) is 0 Å². The highest BCUT2D eigenvalue weighted by molar-refractivity contribution is 6.34. The summed E-state index contributed by atoms with van der Waals surface area (Å²) in [5.74, 6) is -0.143. The van der Waals surface area contributed by atoms with Crippen LogP contribution < -0.4 is 0 Å². The molecule has 0 aliphatic carbocycles. The van der Waals surface area contributed by atoms with Crippen LogP contribution in [0.15, 0.2) is 6.20 Å². The van der Waals surface area contributed by atoms with Gasteiger partial charge in [0.2, 0.25) is 5.78 Å². The molecule has 0 aliphatic heterocycles. The van der Waals surface area contributed by atoms with Gasteiger partial charge in [0.15, 0.2) is 0 Å². The third kappa shape index (κ3) is 2.87. The molecular weight excluding hydrogens is 240 g/mol. The van der Waals surface area contributed by atoms with Crippen molar-refractivity contribution >= 4 is 17.4 Å². The summed E-state index contributed by atoms with van der Waals surface area (Å²) in [6.07, 6.45) is 1.50. The zero-order chi connectivity index (χ0) is 13.2. The summed E-state index contributed by atoms with van der Waals surface area (Å²) in [6.45, 7) is 9.73. The molecule has 0 bridgehead atoms. The molecule has 1 heterocycles. The third-order valence-corrected chi connectivity index (χ3v) is 2.78. The molecule has 0 fully saturated rings. The lowest BCUT2D eigenvalue weighted by atomic mass is 10.0. The van der Waals surface area contributed by atoms with Gasteiger partial charge in [0.05, 0.1) is 11.2 Å². The fourth-order valence-corrected chi connectivity index (χ4v) is 1.87. The molecule has 0 saturated carbocycles. The highest BCUT2D eigenvalue weighted by Gasteiger charge is 2.33. The van der Waals surface area contributed by atoms with Crippen molar-refractivity contribution in [1.29, 1.82) is 0 Å². The number of Topliss-reactive ketones (excluding diaryl/α,β-unsaturated/α-hetero) is 1. The van der Waals surface area contributed by atoms with Crippen molar-refractivity contribution in [2.75, 3.05) is 6.61 Å². The second-order valence-corrected chi connectivity index (χ2v) is 5.06. The summed E-state index contributed by atoms with van der Waals surface area (Å²) < 4.78 is 7.09. The molecule has 4 nitrogen and oxygen atoms in total. The van der Waals surface area contributed by atoms with Crippen LogP contribution in [0.5, 0.6) is 0 Å². The fourth-order valence-electron chi connectivity index (χ4n) is 1.66. The first-order valence-corrected chi connectivity index (χ1v) is 6.10. The molecule has 0 radical (unpaired) electrons. The Labute approximate surface area is 107 Å². The lowest BCUT2D eigenvalue weighted by Gasteiger charge is -2.24. The predicted molar refractivity (Wildman–Crippen MR) is 67.7 cm³/mol. The normalized spacial score (nSPS) is 12.2. The van der Waals surface area contributed by atoms with E-state index in [9.17, 15) is 4.79 Å². The molecule has 5 heteroatoms. The average molecular weight is 259 g/mol. The van der Waals surface area contributed by atoms with Crippen molar-refractivity contribution < 1.29 is 9.53 Å². The minimum Gasteiger partial charge on any atom is -0.368 e. The van der Waals surface area contributed by atoms with E-state index in [2.05, 4.69) is 5.10 Å². The molecule has 0 atom stereocenters. The molecule has 0 N–H and O–H groups in total. The standard InChI is InChI=1S/C12H19ClN2O2/c1-6-17-12(4,5)11(16)10-9(13)7-14-15(10)8(2)3/h7-8H,6H2,1-5H3. The number of rotatable bonds is 5. The Bertz CT molecular complexity index is 411. The van der Waals surface area contributed by atoms with E-state index in [4.69, 9.17) is 16.3 Å². The maximum absolute atomic E-state index is 12.4. The summed E-state index contributed by atoms with van der Waals surface area (Å²) in [5.41, 5.74) is -0.467. The van der Waals surface area contributed by atoms with Crippen LogP contribution in [0.4, 0.5) is 0 Å². The van der Waals surface area contributed by atoms with Crippen LogP contribution in [0.25, 0.3) is 0 Å². The summed E-state index contributed by atoms with van der Waals surface area (Å²) in [6, 6.07) is 0.0823. The molecule has 0 amide bonds. The van der Waals surface area contributed by atoms with Crippen molar-refractivity contribution in [2.24, 2.45) is 0 Å². The van der Waals surface area contributed by atoms with Crippen LogP contribution in [0.1, 0.15) is 51.1 Å². The quantitative estimate of drug-likeness (QED) is 0.763. The van der Waals surface area contributed by atoms with E-state index in [1.807, 2.05) is 20.8 Å². The topological polar surface area (TPSA) is 44.1 Å². The van der Waals surface area contributed by atoms with E-state index in [1.165, 1.54) is 6.20 Å². The lowest BCUT2D eigenvalue weighted by Crippen LogP contribution is -2.37. The monoisotopic (exact) mass is 258 g/mol. The minimum absolute atomic E-state index is 0.0823. The molecule has 0 spiro atoms. The van der Waals surface area contributed by atoms with Crippen molar-refractivity contribution in [2.45, 2.75) is 46.3 Å². The molecule has 1 aromatic rings. The summed E-state index contributed by atoms with van der Waals surface area (Å²) in [5, 5.41) is 4.49. The van der Waals surface area contributed by atoms with Gasteiger partial charge in [0.1, 0.15) is 11.3 Å². The van der Waals surface area contributed by atoms with Crippen molar-refractivity contribution in [1.82, 2.24) is 9.78 Å². The largest absolute Gasteiger partial charge is 0.368 e. The van der Waals surface area contributed by atoms with Crippen LogP contribution in [-0.4, -0.2) is 27.8 Å². The van der Waals surface area contributed by atoms with Gasteiger partial charge >= 0.3 is 0 Å². The van der Waals surface area contributed by atoms with E-state index < -0.39 is 5.60 Å². The molecule has 96 valence electrons. The zero-order valence-electron chi connectivity index (χ0n) is 11.0. The number of ketones is 1. The van der Waals surface area contributed by atoms with Crippen molar-refractivity contribution in [3.05, 3.63) is 16.9 Å². The maximum atomic E-state index is 12.4. The molecule has 0 unspecified atom stereocenters. The Morgan fingerprint density at radius 2 is 2.18 bits per heavy atom. The molecular formula is C12H19ClN2O2. The smallest absolute Gasteiger partial charge is 0.213 e. The average Bonchev–Trinajstić information content (AvgIpc) is 2.58. The zero-order valence-corrected chi connectivity index (χ0v) is 11.7.